The van der Waals surface area contributed by atoms with E-state index in [-0.39, 0.29) is 11.6 Å². The van der Waals surface area contributed by atoms with Crippen LogP contribution in [-0.2, 0) is 5.75 Å². The number of hydrogen-bond acceptors (Lipinski definition) is 6. The van der Waals surface area contributed by atoms with E-state index in [0.29, 0.717) is 34.8 Å². The van der Waals surface area contributed by atoms with Gasteiger partial charge in [0, 0.05) is 12.0 Å². The topological polar surface area (TPSA) is 73.8 Å². The molecule has 3 atom stereocenters. The van der Waals surface area contributed by atoms with Crippen LogP contribution < -0.4 is 5.56 Å². The molecule has 0 saturated heterocycles. The van der Waals surface area contributed by atoms with Crippen LogP contribution >= 0.6 is 11.8 Å². The number of hydrogen-bond donors (Lipinski definition) is 0. The second kappa shape index (κ2) is 8.17. The molecule has 6 nitrogen and oxygen atoms in total. The minimum Gasteiger partial charge on any atom is -0.424 e. The molecule has 158 valence electrons. The van der Waals surface area contributed by atoms with Crippen LogP contribution in [0.2, 0.25) is 0 Å². The van der Waals surface area contributed by atoms with Crippen LogP contribution in [0.3, 0.4) is 0 Å². The summed E-state index contributed by atoms with van der Waals surface area (Å²) < 4.78 is 7.85. The highest BCUT2D eigenvalue weighted by Crippen LogP contribution is 2.39. The number of aromatic nitrogens is 4. The zero-order valence-electron chi connectivity index (χ0n) is 17.6. The van der Waals surface area contributed by atoms with Crippen LogP contribution in [-0.4, -0.2) is 19.7 Å². The molecule has 2 aliphatic rings. The summed E-state index contributed by atoms with van der Waals surface area (Å²) in [7, 11) is 0. The number of rotatable bonds is 5. The van der Waals surface area contributed by atoms with Crippen molar-refractivity contribution < 1.29 is 4.42 Å². The second-order valence-electron chi connectivity index (χ2n) is 8.87. The van der Waals surface area contributed by atoms with E-state index < -0.39 is 0 Å². The van der Waals surface area contributed by atoms with Crippen LogP contribution in [0.5, 0.6) is 0 Å². The Morgan fingerprint density at radius 1 is 1.10 bits per heavy atom. The van der Waals surface area contributed by atoms with Crippen LogP contribution in [0.4, 0.5) is 0 Å². The van der Waals surface area contributed by atoms with Gasteiger partial charge in [-0.2, -0.15) is 0 Å². The minimum absolute atomic E-state index is 0.0646. The summed E-state index contributed by atoms with van der Waals surface area (Å²) in [5.74, 6) is 3.36. The molecular weight excluding hydrogens is 396 g/mol. The average Bonchev–Trinajstić information content (AvgIpc) is 3.16. The molecule has 1 aromatic carbocycles. The van der Waals surface area contributed by atoms with Gasteiger partial charge in [-0.15, -0.1) is 10.2 Å². The lowest BCUT2D eigenvalue weighted by molar-refractivity contribution is 0.173. The number of nitrogens with zero attached hydrogens (tertiary/aromatic N) is 4. The molecule has 2 heterocycles. The number of fused-ring (bicyclic) bond motifs is 1. The van der Waals surface area contributed by atoms with E-state index >= 15 is 0 Å². The lowest BCUT2D eigenvalue weighted by Crippen LogP contribution is -2.35. The highest BCUT2D eigenvalue weighted by Gasteiger charge is 2.31. The Bertz CT molecular complexity index is 1100. The quantitative estimate of drug-likeness (QED) is 0.407. The largest absolute Gasteiger partial charge is 0.424 e. The Kier molecular flexibility index (Phi) is 5.39. The number of para-hydroxylation sites is 1. The highest BCUT2D eigenvalue weighted by molar-refractivity contribution is 7.98. The first-order valence-electron chi connectivity index (χ1n) is 11.1. The third-order valence-electron chi connectivity index (χ3n) is 7.03. The first-order valence-corrected chi connectivity index (χ1v) is 12.1. The van der Waals surface area contributed by atoms with E-state index in [9.17, 15) is 4.79 Å². The molecule has 0 radical (unpaired) electrons. The monoisotopic (exact) mass is 424 g/mol. The summed E-state index contributed by atoms with van der Waals surface area (Å²) >= 11 is 1.53. The standard InChI is InChI=1S/C23H28N4O2S/c1-14-7-5-12-19(15(14)2)27-22(28)17-10-3-4-11-18(17)24-23(27)30-13-20-25-26-21(29-20)16-8-6-9-16/h3-4,10-11,14-16,19H,5-9,12-13H2,1-2H3. The molecule has 3 aromatic rings. The van der Waals surface area contributed by atoms with Crippen molar-refractivity contribution in [3.05, 3.63) is 46.4 Å². The van der Waals surface area contributed by atoms with Gasteiger partial charge in [-0.1, -0.05) is 57.0 Å². The predicted octanol–water partition coefficient (Wildman–Crippen LogP) is 5.34. The van der Waals surface area contributed by atoms with Crippen molar-refractivity contribution in [3.63, 3.8) is 0 Å². The van der Waals surface area contributed by atoms with Crippen molar-refractivity contribution in [3.8, 4) is 0 Å². The molecule has 0 N–H and O–H groups in total. The molecule has 0 spiro atoms. The summed E-state index contributed by atoms with van der Waals surface area (Å²) in [6.45, 7) is 4.57. The van der Waals surface area contributed by atoms with Crippen LogP contribution in [0.25, 0.3) is 10.9 Å². The zero-order valence-corrected chi connectivity index (χ0v) is 18.4. The summed E-state index contributed by atoms with van der Waals surface area (Å²) in [5.41, 5.74) is 0.813. The molecule has 2 fully saturated rings. The van der Waals surface area contributed by atoms with E-state index in [1.54, 1.807) is 0 Å². The van der Waals surface area contributed by atoms with Gasteiger partial charge in [-0.05, 0) is 43.2 Å². The van der Waals surface area contributed by atoms with Gasteiger partial charge in [0.05, 0.1) is 16.7 Å². The van der Waals surface area contributed by atoms with Crippen LogP contribution in [0.15, 0.2) is 38.6 Å². The third kappa shape index (κ3) is 3.57. The molecular formula is C23H28N4O2S. The fourth-order valence-electron chi connectivity index (χ4n) is 4.71. The maximum atomic E-state index is 13.5. The molecule has 2 aliphatic carbocycles. The van der Waals surface area contributed by atoms with Gasteiger partial charge >= 0.3 is 0 Å². The van der Waals surface area contributed by atoms with Crippen molar-refractivity contribution in [2.45, 2.75) is 75.2 Å². The lowest BCUT2D eigenvalue weighted by atomic mass is 9.78. The van der Waals surface area contributed by atoms with E-state index in [2.05, 4.69) is 24.0 Å². The molecule has 5 rings (SSSR count). The Morgan fingerprint density at radius 2 is 1.90 bits per heavy atom. The first-order chi connectivity index (χ1) is 14.6. The fourth-order valence-corrected chi connectivity index (χ4v) is 5.60. The molecule has 2 aromatic heterocycles. The normalized spacial score (nSPS) is 24.8. The van der Waals surface area contributed by atoms with Crippen molar-refractivity contribution in [1.82, 2.24) is 19.7 Å². The maximum absolute atomic E-state index is 13.5. The van der Waals surface area contributed by atoms with Gasteiger partial charge in [-0.25, -0.2) is 4.98 Å². The van der Waals surface area contributed by atoms with Crippen LogP contribution in [0.1, 0.15) is 76.1 Å². The number of thioether (sulfide) groups is 1. The fraction of sp³-hybridized carbons (Fsp3) is 0.565. The SMILES string of the molecule is CC1CCCC(n2c(SCc3nnc(C4CCC4)o3)nc3ccccc3c2=O)C1C. The third-order valence-corrected chi connectivity index (χ3v) is 7.97. The van der Waals surface area contributed by atoms with E-state index in [1.165, 1.54) is 24.6 Å². The van der Waals surface area contributed by atoms with Crippen molar-refractivity contribution in [1.29, 1.82) is 0 Å². The maximum Gasteiger partial charge on any atom is 0.262 e. The Labute approximate surface area is 180 Å². The molecule has 0 aliphatic heterocycles. The molecule has 0 amide bonds. The highest BCUT2D eigenvalue weighted by atomic mass is 32.2. The summed E-state index contributed by atoms with van der Waals surface area (Å²) in [4.78, 5) is 18.4. The molecule has 30 heavy (non-hydrogen) atoms. The van der Waals surface area contributed by atoms with E-state index in [0.717, 1.165) is 42.2 Å². The predicted molar refractivity (Wildman–Crippen MR) is 118 cm³/mol. The smallest absolute Gasteiger partial charge is 0.262 e. The van der Waals surface area contributed by atoms with Gasteiger partial charge in [0.1, 0.15) is 0 Å². The first kappa shape index (κ1) is 19.8. The average molecular weight is 425 g/mol. The molecule has 3 unspecified atom stereocenters. The van der Waals surface area contributed by atoms with Crippen LogP contribution in [0, 0.1) is 11.8 Å². The van der Waals surface area contributed by atoms with Crippen molar-refractivity contribution >= 4 is 22.7 Å². The zero-order chi connectivity index (χ0) is 20.7. The minimum atomic E-state index is 0.0646. The van der Waals surface area contributed by atoms with E-state index in [4.69, 9.17) is 9.40 Å². The van der Waals surface area contributed by atoms with Crippen molar-refractivity contribution in [2.75, 3.05) is 0 Å². The summed E-state index contributed by atoms with van der Waals surface area (Å²) in [6, 6.07) is 7.82. The summed E-state index contributed by atoms with van der Waals surface area (Å²) in [6.07, 6.45) is 6.90. The lowest BCUT2D eigenvalue weighted by Gasteiger charge is -2.36. The Hall–Kier alpha value is -2.15. The molecule has 7 heteroatoms. The van der Waals surface area contributed by atoms with Gasteiger partial charge in [0.2, 0.25) is 11.8 Å². The Balaban J connectivity index is 1.49. The molecule has 0 bridgehead atoms. The summed E-state index contributed by atoms with van der Waals surface area (Å²) in [5, 5.41) is 9.92. The van der Waals surface area contributed by atoms with Gasteiger partial charge in [-0.3, -0.25) is 9.36 Å². The van der Waals surface area contributed by atoms with Gasteiger partial charge in [0.15, 0.2) is 5.16 Å². The van der Waals surface area contributed by atoms with E-state index in [1.807, 2.05) is 28.8 Å². The molecule has 2 saturated carbocycles. The second-order valence-corrected chi connectivity index (χ2v) is 9.81. The Morgan fingerprint density at radius 3 is 2.70 bits per heavy atom. The van der Waals surface area contributed by atoms with Crippen molar-refractivity contribution in [2.24, 2.45) is 11.8 Å². The van der Waals surface area contributed by atoms with Gasteiger partial charge < -0.3 is 4.42 Å². The number of benzene rings is 1. The van der Waals surface area contributed by atoms with Gasteiger partial charge in [0.25, 0.3) is 5.56 Å².